The first-order chi connectivity index (χ1) is 14.3. The van der Waals surface area contributed by atoms with E-state index in [0.717, 1.165) is 18.6 Å². The van der Waals surface area contributed by atoms with Crippen molar-refractivity contribution in [3.8, 4) is 0 Å². The second-order valence-corrected chi connectivity index (χ2v) is 7.88. The van der Waals surface area contributed by atoms with E-state index in [1.807, 2.05) is 7.05 Å². The van der Waals surface area contributed by atoms with Crippen LogP contribution in [0.4, 0.5) is 13.2 Å². The molecule has 1 amide bonds. The largest absolute Gasteiger partial charge is 0.416 e. The van der Waals surface area contributed by atoms with Crippen molar-refractivity contribution in [1.82, 2.24) is 37.0 Å². The van der Waals surface area contributed by atoms with Crippen molar-refractivity contribution in [3.05, 3.63) is 48.0 Å². The van der Waals surface area contributed by atoms with E-state index in [4.69, 9.17) is 0 Å². The summed E-state index contributed by atoms with van der Waals surface area (Å²) in [6, 6.07) is 5.11. The molecule has 5 unspecified atom stereocenters. The first kappa shape index (κ1) is 21.2. The van der Waals surface area contributed by atoms with Gasteiger partial charge in [-0.25, -0.2) is 10.9 Å². The van der Waals surface area contributed by atoms with Crippen LogP contribution in [0, 0.1) is 5.92 Å². The third-order valence-electron chi connectivity index (χ3n) is 6.00. The minimum Gasteiger partial charge on any atom is -0.338 e. The lowest BCUT2D eigenvalue weighted by Gasteiger charge is -2.50. The Morgan fingerprint density at radius 3 is 2.57 bits per heavy atom. The highest BCUT2D eigenvalue weighted by molar-refractivity contribution is 5.87. The van der Waals surface area contributed by atoms with Crippen LogP contribution in [0.1, 0.15) is 23.7 Å². The van der Waals surface area contributed by atoms with E-state index in [0.29, 0.717) is 18.7 Å². The molecular formula is C19H26F3N7O. The maximum Gasteiger partial charge on any atom is 0.416 e. The maximum atomic E-state index is 12.9. The molecular weight excluding hydrogens is 399 g/mol. The minimum atomic E-state index is -4.37. The van der Waals surface area contributed by atoms with E-state index in [2.05, 4.69) is 33.6 Å². The van der Waals surface area contributed by atoms with Crippen molar-refractivity contribution in [2.45, 2.75) is 37.0 Å². The van der Waals surface area contributed by atoms with Crippen LogP contribution in [0.25, 0.3) is 0 Å². The van der Waals surface area contributed by atoms with E-state index < -0.39 is 11.7 Å². The fourth-order valence-electron chi connectivity index (χ4n) is 4.49. The topological polar surface area (TPSA) is 83.7 Å². The Bertz CT molecular complexity index is 787. The SMILES string of the molecule is C=CC(=O)N1CCC2C(C1)NC(c1ccc(C(F)(F)F)cc1)NC2C1NNN(C)N1. The summed E-state index contributed by atoms with van der Waals surface area (Å²) in [6.45, 7) is 4.71. The molecule has 3 heterocycles. The predicted molar refractivity (Wildman–Crippen MR) is 104 cm³/mol. The van der Waals surface area contributed by atoms with Gasteiger partial charge in [-0.1, -0.05) is 18.7 Å². The fraction of sp³-hybridized carbons (Fsp3) is 0.526. The number of carbonyl (C=O) groups is 1. The molecule has 5 atom stereocenters. The molecule has 164 valence electrons. The Balaban J connectivity index is 1.57. The van der Waals surface area contributed by atoms with Crippen molar-refractivity contribution >= 4 is 5.91 Å². The number of hydrazine groups is 3. The van der Waals surface area contributed by atoms with Crippen molar-refractivity contribution < 1.29 is 18.0 Å². The summed E-state index contributed by atoms with van der Waals surface area (Å²) in [4.78, 5) is 13.9. The molecule has 0 aromatic heterocycles. The Hall–Kier alpha value is -2.02. The number of rotatable bonds is 3. The van der Waals surface area contributed by atoms with Crippen LogP contribution in [0.3, 0.4) is 0 Å². The summed E-state index contributed by atoms with van der Waals surface area (Å²) >= 11 is 0. The first-order valence-corrected chi connectivity index (χ1v) is 9.88. The molecule has 0 aliphatic carbocycles. The zero-order valence-electron chi connectivity index (χ0n) is 16.5. The number of hydrogen-bond acceptors (Lipinski definition) is 7. The molecule has 5 N–H and O–H groups in total. The minimum absolute atomic E-state index is 0.0179. The number of halogens is 3. The lowest BCUT2D eigenvalue weighted by atomic mass is 9.81. The van der Waals surface area contributed by atoms with Crippen LogP contribution in [0.5, 0.6) is 0 Å². The van der Waals surface area contributed by atoms with Gasteiger partial charge in [0.2, 0.25) is 5.91 Å². The Morgan fingerprint density at radius 1 is 1.23 bits per heavy atom. The molecule has 0 spiro atoms. The number of benzene rings is 1. The zero-order chi connectivity index (χ0) is 21.5. The highest BCUT2D eigenvalue weighted by Gasteiger charge is 2.45. The molecule has 11 heteroatoms. The Kier molecular flexibility index (Phi) is 5.84. The molecule has 0 bridgehead atoms. The van der Waals surface area contributed by atoms with Gasteiger partial charge in [-0.3, -0.25) is 15.4 Å². The van der Waals surface area contributed by atoms with E-state index in [1.54, 1.807) is 10.0 Å². The smallest absolute Gasteiger partial charge is 0.338 e. The van der Waals surface area contributed by atoms with Crippen LogP contribution in [-0.4, -0.2) is 54.3 Å². The number of piperidine rings is 1. The number of nitrogens with one attached hydrogen (secondary N) is 5. The maximum absolute atomic E-state index is 12.9. The quantitative estimate of drug-likeness (QED) is 0.450. The van der Waals surface area contributed by atoms with Crippen LogP contribution in [-0.2, 0) is 11.0 Å². The second-order valence-electron chi connectivity index (χ2n) is 7.88. The van der Waals surface area contributed by atoms with Gasteiger partial charge >= 0.3 is 6.18 Å². The van der Waals surface area contributed by atoms with Crippen molar-refractivity contribution in [3.63, 3.8) is 0 Å². The number of likely N-dealkylation sites (tertiary alicyclic amines) is 1. The van der Waals surface area contributed by atoms with E-state index in [9.17, 15) is 18.0 Å². The molecule has 3 saturated heterocycles. The highest BCUT2D eigenvalue weighted by Crippen LogP contribution is 2.33. The van der Waals surface area contributed by atoms with E-state index in [1.165, 1.54) is 18.2 Å². The highest BCUT2D eigenvalue weighted by atomic mass is 19.4. The van der Waals surface area contributed by atoms with Gasteiger partial charge in [-0.2, -0.15) is 23.8 Å². The molecule has 1 aromatic rings. The number of alkyl halides is 3. The van der Waals surface area contributed by atoms with Gasteiger partial charge in [0, 0.05) is 32.2 Å². The Labute approximate surface area is 172 Å². The molecule has 8 nitrogen and oxygen atoms in total. The monoisotopic (exact) mass is 425 g/mol. The lowest BCUT2D eigenvalue weighted by Crippen LogP contribution is -2.70. The lowest BCUT2D eigenvalue weighted by molar-refractivity contribution is -0.137. The van der Waals surface area contributed by atoms with Crippen LogP contribution in [0.15, 0.2) is 36.9 Å². The molecule has 1 aromatic carbocycles. The molecule has 0 saturated carbocycles. The van der Waals surface area contributed by atoms with Gasteiger partial charge in [0.15, 0.2) is 0 Å². The van der Waals surface area contributed by atoms with Gasteiger partial charge < -0.3 is 4.90 Å². The summed E-state index contributed by atoms with van der Waals surface area (Å²) in [6.07, 6.45) is -2.75. The number of hydrogen-bond donors (Lipinski definition) is 5. The van der Waals surface area contributed by atoms with Gasteiger partial charge in [0.25, 0.3) is 0 Å². The third-order valence-corrected chi connectivity index (χ3v) is 6.00. The predicted octanol–water partition coefficient (Wildman–Crippen LogP) is 0.454. The normalized spacial score (nSPS) is 32.7. The fourth-order valence-corrected chi connectivity index (χ4v) is 4.49. The van der Waals surface area contributed by atoms with Crippen LogP contribution >= 0.6 is 0 Å². The van der Waals surface area contributed by atoms with Crippen LogP contribution in [0.2, 0.25) is 0 Å². The molecule has 3 aliphatic heterocycles. The molecule has 30 heavy (non-hydrogen) atoms. The number of fused-ring (bicyclic) bond motifs is 1. The van der Waals surface area contributed by atoms with Crippen molar-refractivity contribution in [1.29, 1.82) is 0 Å². The van der Waals surface area contributed by atoms with Crippen LogP contribution < -0.4 is 27.0 Å². The first-order valence-electron chi connectivity index (χ1n) is 9.88. The number of carbonyl (C=O) groups excluding carboxylic acids is 1. The van der Waals surface area contributed by atoms with Gasteiger partial charge in [0.1, 0.15) is 6.17 Å². The molecule has 0 radical (unpaired) electrons. The molecule has 3 aliphatic rings. The zero-order valence-corrected chi connectivity index (χ0v) is 16.5. The van der Waals surface area contributed by atoms with Crippen molar-refractivity contribution in [2.75, 3.05) is 20.1 Å². The van der Waals surface area contributed by atoms with Gasteiger partial charge in [-0.05, 0) is 36.1 Å². The average molecular weight is 425 g/mol. The standard InChI is InChI=1S/C19H26F3N7O/c1-3-15(30)29-9-8-13-14(10-29)23-17(24-16(13)18-25-27-28(2)26-18)11-4-6-12(7-5-11)19(20,21)22/h3-7,13-14,16-18,23-27H,1,8-10H2,2H3. The summed E-state index contributed by atoms with van der Waals surface area (Å²) < 4.78 is 38.8. The Morgan fingerprint density at radius 2 is 1.97 bits per heavy atom. The van der Waals surface area contributed by atoms with Gasteiger partial charge in [-0.15, -0.1) is 0 Å². The molecule has 3 fully saturated rings. The number of amides is 1. The third kappa shape index (κ3) is 4.22. The van der Waals surface area contributed by atoms with Crippen molar-refractivity contribution in [2.24, 2.45) is 5.92 Å². The number of nitrogens with zero attached hydrogens (tertiary/aromatic N) is 2. The summed E-state index contributed by atoms with van der Waals surface area (Å²) in [5.74, 6) is 0.0952. The summed E-state index contributed by atoms with van der Waals surface area (Å²) in [7, 11) is 1.84. The van der Waals surface area contributed by atoms with E-state index >= 15 is 0 Å². The molecule has 4 rings (SSSR count). The summed E-state index contributed by atoms with van der Waals surface area (Å²) in [5.41, 5.74) is 9.48. The summed E-state index contributed by atoms with van der Waals surface area (Å²) in [5, 5.41) is 8.75. The van der Waals surface area contributed by atoms with E-state index in [-0.39, 0.29) is 36.2 Å². The average Bonchev–Trinajstić information content (AvgIpc) is 3.17. The second kappa shape index (κ2) is 8.25. The van der Waals surface area contributed by atoms with Gasteiger partial charge in [0.05, 0.1) is 11.7 Å².